The zero-order valence-corrected chi connectivity index (χ0v) is 19.6. The first-order valence-electron chi connectivity index (χ1n) is 12.1. The van der Waals surface area contributed by atoms with Crippen LogP contribution in [0.25, 0.3) is 0 Å². The molecule has 6 rings (SSSR count). The van der Waals surface area contributed by atoms with Gasteiger partial charge < -0.3 is 28.8 Å². The zero-order valence-electron chi connectivity index (χ0n) is 19.6. The molecule has 0 amide bonds. The number of hydrogen-bond acceptors (Lipinski definition) is 8. The molecule has 0 aromatic heterocycles. The number of hydrogen-bond donors (Lipinski definition) is 1. The van der Waals surface area contributed by atoms with Gasteiger partial charge in [0.05, 0.1) is 17.8 Å². The molecule has 0 radical (unpaired) electrons. The molecule has 180 valence electrons. The van der Waals surface area contributed by atoms with Gasteiger partial charge in [-0.25, -0.2) is 4.79 Å². The van der Waals surface area contributed by atoms with E-state index in [1.165, 1.54) is 12.5 Å². The molecule has 8 nitrogen and oxygen atoms in total. The van der Waals surface area contributed by atoms with Gasteiger partial charge in [-0.05, 0) is 55.1 Å². The number of cyclic esters (lactones) is 1. The molecule has 2 spiro atoms. The average molecular weight is 461 g/mol. The normalized spacial score (nSPS) is 48.2. The standard InChI is InChI=1S/C25H32O8/c1-5-18-14-6-7-15-17(10-29-21(15)27)16(14)8-19-25(32-19)22(31-11-30-13(4)26)23(28,12(2)3)9-20-24(18,25)33-20/h5,12,14,16,19-20,22,28H,6-11H2,1-4H3/t14?,16?,19?,20-,22+,23+,24-,25?/m0/s1. The van der Waals surface area contributed by atoms with Crippen LogP contribution in [0.4, 0.5) is 0 Å². The van der Waals surface area contributed by atoms with E-state index >= 15 is 0 Å². The summed E-state index contributed by atoms with van der Waals surface area (Å²) in [6.07, 6.45) is 3.82. The van der Waals surface area contributed by atoms with Crippen molar-refractivity contribution in [3.63, 3.8) is 0 Å². The first-order valence-corrected chi connectivity index (χ1v) is 12.1. The fourth-order valence-electron chi connectivity index (χ4n) is 7.54. The lowest BCUT2D eigenvalue weighted by molar-refractivity contribution is -0.215. The molecule has 0 aromatic carbocycles. The Hall–Kier alpha value is -1.74. The third kappa shape index (κ3) is 2.61. The first-order chi connectivity index (χ1) is 15.7. The van der Waals surface area contributed by atoms with Crippen LogP contribution in [-0.2, 0) is 33.3 Å². The van der Waals surface area contributed by atoms with Crippen molar-refractivity contribution >= 4 is 11.9 Å². The molecular formula is C25H32O8. The summed E-state index contributed by atoms with van der Waals surface area (Å²) >= 11 is 0. The van der Waals surface area contributed by atoms with Crippen LogP contribution in [0.1, 0.15) is 53.4 Å². The number of rotatable bonds is 4. The SMILES string of the molecule is CC=C1C2CCC3=C(COC3=O)C2CC2OC23[C@H](OCOC(C)=O)[C@](O)(C(C)C)C[C@@H]2O[C@@]123. The highest BCUT2D eigenvalue weighted by Crippen LogP contribution is 2.74. The summed E-state index contributed by atoms with van der Waals surface area (Å²) in [6.45, 7) is 7.41. The van der Waals surface area contributed by atoms with E-state index in [1.54, 1.807) is 0 Å². The van der Waals surface area contributed by atoms with Crippen molar-refractivity contribution in [1.29, 1.82) is 0 Å². The largest absolute Gasteiger partial charge is 0.458 e. The number of allylic oxidation sites excluding steroid dienone is 1. The van der Waals surface area contributed by atoms with Gasteiger partial charge in [0, 0.05) is 18.9 Å². The third-order valence-electron chi connectivity index (χ3n) is 9.15. The number of fused-ring (bicyclic) bond motifs is 2. The molecule has 3 aliphatic carbocycles. The van der Waals surface area contributed by atoms with Crippen molar-refractivity contribution in [3.8, 4) is 0 Å². The van der Waals surface area contributed by atoms with E-state index in [2.05, 4.69) is 6.08 Å². The minimum Gasteiger partial charge on any atom is -0.458 e. The molecule has 4 fully saturated rings. The zero-order chi connectivity index (χ0) is 23.3. The Morgan fingerprint density at radius 2 is 2.06 bits per heavy atom. The lowest BCUT2D eigenvalue weighted by Gasteiger charge is -2.47. The lowest BCUT2D eigenvalue weighted by Crippen LogP contribution is -2.66. The van der Waals surface area contributed by atoms with Crippen LogP contribution in [0.3, 0.4) is 0 Å². The van der Waals surface area contributed by atoms with Crippen LogP contribution >= 0.6 is 0 Å². The van der Waals surface area contributed by atoms with Crippen LogP contribution < -0.4 is 0 Å². The van der Waals surface area contributed by atoms with Crippen molar-refractivity contribution in [1.82, 2.24) is 0 Å². The van der Waals surface area contributed by atoms with Crippen molar-refractivity contribution < 1.29 is 38.4 Å². The van der Waals surface area contributed by atoms with Gasteiger partial charge in [0.25, 0.3) is 0 Å². The Kier molecular flexibility index (Phi) is 4.55. The number of carbonyl (C=O) groups is 2. The summed E-state index contributed by atoms with van der Waals surface area (Å²) in [5.41, 5.74) is 0.428. The first kappa shape index (κ1) is 21.8. The fourth-order valence-corrected chi connectivity index (χ4v) is 7.54. The molecule has 2 saturated carbocycles. The second kappa shape index (κ2) is 6.90. The van der Waals surface area contributed by atoms with E-state index < -0.39 is 28.9 Å². The van der Waals surface area contributed by atoms with E-state index in [1.807, 2.05) is 20.8 Å². The van der Waals surface area contributed by atoms with Crippen molar-refractivity contribution in [2.24, 2.45) is 17.8 Å². The summed E-state index contributed by atoms with van der Waals surface area (Å²) in [5, 5.41) is 11.9. The summed E-state index contributed by atoms with van der Waals surface area (Å²) in [5.74, 6) is -0.362. The van der Waals surface area contributed by atoms with Gasteiger partial charge in [0.2, 0.25) is 0 Å². The van der Waals surface area contributed by atoms with E-state index in [4.69, 9.17) is 23.7 Å². The maximum absolute atomic E-state index is 12.3. The van der Waals surface area contributed by atoms with Crippen molar-refractivity contribution in [3.05, 3.63) is 22.8 Å². The second-order valence-electron chi connectivity index (χ2n) is 10.7. The van der Waals surface area contributed by atoms with Crippen LogP contribution in [0.2, 0.25) is 0 Å². The second-order valence-corrected chi connectivity index (χ2v) is 10.7. The quantitative estimate of drug-likeness (QED) is 0.294. The van der Waals surface area contributed by atoms with E-state index in [-0.39, 0.29) is 42.7 Å². The summed E-state index contributed by atoms with van der Waals surface area (Å²) in [4.78, 5) is 23.7. The third-order valence-corrected chi connectivity index (χ3v) is 9.15. The van der Waals surface area contributed by atoms with Crippen LogP contribution in [-0.4, -0.2) is 65.6 Å². The molecule has 3 heterocycles. The summed E-state index contributed by atoms with van der Waals surface area (Å²) in [6, 6.07) is 0. The average Bonchev–Trinajstić information content (AvgIpc) is 3.62. The van der Waals surface area contributed by atoms with Crippen molar-refractivity contribution in [2.45, 2.75) is 88.5 Å². The van der Waals surface area contributed by atoms with Gasteiger partial charge >= 0.3 is 11.9 Å². The van der Waals surface area contributed by atoms with Crippen LogP contribution in [0, 0.1) is 17.8 Å². The molecule has 4 unspecified atom stereocenters. The Balaban J connectivity index is 1.43. The highest BCUT2D eigenvalue weighted by Gasteiger charge is 2.90. The molecule has 8 atom stereocenters. The molecule has 6 aliphatic rings. The van der Waals surface area contributed by atoms with E-state index in [0.29, 0.717) is 19.4 Å². The fraction of sp³-hybridized carbons (Fsp3) is 0.760. The monoisotopic (exact) mass is 460 g/mol. The van der Waals surface area contributed by atoms with Crippen LogP contribution in [0.5, 0.6) is 0 Å². The maximum atomic E-state index is 12.3. The molecule has 0 bridgehead atoms. The van der Waals surface area contributed by atoms with Gasteiger partial charge in [-0.2, -0.15) is 0 Å². The van der Waals surface area contributed by atoms with Gasteiger partial charge in [0.1, 0.15) is 12.7 Å². The Morgan fingerprint density at radius 1 is 1.27 bits per heavy atom. The Bertz CT molecular complexity index is 983. The molecule has 2 saturated heterocycles. The van der Waals surface area contributed by atoms with Gasteiger partial charge in [-0.1, -0.05) is 19.9 Å². The van der Waals surface area contributed by atoms with Crippen LogP contribution in [0.15, 0.2) is 22.8 Å². The molecular weight excluding hydrogens is 428 g/mol. The minimum atomic E-state index is -1.19. The predicted octanol–water partition coefficient (Wildman–Crippen LogP) is 2.19. The number of aliphatic hydroxyl groups is 1. The number of esters is 2. The molecule has 8 heteroatoms. The Morgan fingerprint density at radius 3 is 2.76 bits per heavy atom. The molecule has 1 N–H and O–H groups in total. The number of carbonyl (C=O) groups excluding carboxylic acids is 2. The minimum absolute atomic E-state index is 0.115. The summed E-state index contributed by atoms with van der Waals surface area (Å²) < 4.78 is 29.7. The van der Waals surface area contributed by atoms with E-state index in [0.717, 1.165) is 24.0 Å². The Labute approximate surface area is 193 Å². The highest BCUT2D eigenvalue weighted by molar-refractivity contribution is 5.92. The predicted molar refractivity (Wildman–Crippen MR) is 114 cm³/mol. The topological polar surface area (TPSA) is 107 Å². The number of ether oxygens (including phenoxy) is 5. The van der Waals surface area contributed by atoms with Gasteiger partial charge in [-0.3, -0.25) is 4.79 Å². The summed E-state index contributed by atoms with van der Waals surface area (Å²) in [7, 11) is 0. The molecule has 0 aromatic rings. The van der Waals surface area contributed by atoms with Gasteiger partial charge in [0.15, 0.2) is 18.0 Å². The number of epoxide rings is 2. The van der Waals surface area contributed by atoms with Crippen molar-refractivity contribution in [2.75, 3.05) is 13.4 Å². The highest BCUT2D eigenvalue weighted by atomic mass is 16.7. The van der Waals surface area contributed by atoms with Gasteiger partial charge in [-0.15, -0.1) is 0 Å². The molecule has 3 aliphatic heterocycles. The lowest BCUT2D eigenvalue weighted by atomic mass is 9.60. The van der Waals surface area contributed by atoms with E-state index in [9.17, 15) is 14.7 Å². The maximum Gasteiger partial charge on any atom is 0.334 e. The smallest absolute Gasteiger partial charge is 0.334 e. The molecule has 33 heavy (non-hydrogen) atoms.